The highest BCUT2D eigenvalue weighted by molar-refractivity contribution is 5.76. The minimum absolute atomic E-state index is 0.219. The van der Waals surface area contributed by atoms with E-state index in [4.69, 9.17) is 9.47 Å². The van der Waals surface area contributed by atoms with Gasteiger partial charge in [-0.05, 0) is 77.0 Å². The number of aliphatic hydroxyl groups excluding tert-OH is 5. The molecule has 1 saturated heterocycles. The number of allylic oxidation sites excluding steroid dienone is 13. The van der Waals surface area contributed by atoms with E-state index in [0.717, 1.165) is 70.6 Å². The van der Waals surface area contributed by atoms with E-state index in [1.807, 2.05) is 6.08 Å². The molecule has 368 valence electrons. The summed E-state index contributed by atoms with van der Waals surface area (Å²) < 4.78 is 11.2. The van der Waals surface area contributed by atoms with E-state index in [1.165, 1.54) is 103 Å². The van der Waals surface area contributed by atoms with Crippen LogP contribution in [0.1, 0.15) is 200 Å². The molecule has 0 aromatic carbocycles. The third-order valence-corrected chi connectivity index (χ3v) is 11.7. The second-order valence-electron chi connectivity index (χ2n) is 17.6. The van der Waals surface area contributed by atoms with Gasteiger partial charge in [0.2, 0.25) is 5.91 Å². The molecule has 9 heteroatoms. The monoisotopic (exact) mass is 898 g/mol. The number of ether oxygens (including phenoxy) is 2. The van der Waals surface area contributed by atoms with Crippen LogP contribution in [0.5, 0.6) is 0 Å². The van der Waals surface area contributed by atoms with Crippen LogP contribution < -0.4 is 5.32 Å². The van der Waals surface area contributed by atoms with Crippen LogP contribution >= 0.6 is 0 Å². The summed E-state index contributed by atoms with van der Waals surface area (Å²) >= 11 is 0. The molecule has 6 N–H and O–H groups in total. The summed E-state index contributed by atoms with van der Waals surface area (Å²) in [5.74, 6) is -0.221. The minimum atomic E-state index is -1.58. The summed E-state index contributed by atoms with van der Waals surface area (Å²) in [6, 6.07) is -0.845. The van der Waals surface area contributed by atoms with Gasteiger partial charge >= 0.3 is 0 Å². The maximum Gasteiger partial charge on any atom is 0.220 e. The van der Waals surface area contributed by atoms with Crippen LogP contribution in [0.3, 0.4) is 0 Å². The van der Waals surface area contributed by atoms with Crippen molar-refractivity contribution in [3.63, 3.8) is 0 Å². The molecule has 1 aliphatic rings. The minimum Gasteiger partial charge on any atom is -0.394 e. The van der Waals surface area contributed by atoms with Gasteiger partial charge in [-0.2, -0.15) is 0 Å². The lowest BCUT2D eigenvalue weighted by molar-refractivity contribution is -0.302. The van der Waals surface area contributed by atoms with Crippen molar-refractivity contribution < 1.29 is 39.8 Å². The van der Waals surface area contributed by atoms with Crippen molar-refractivity contribution in [3.8, 4) is 0 Å². The highest BCUT2D eigenvalue weighted by atomic mass is 16.7. The number of carbonyl (C=O) groups is 1. The van der Waals surface area contributed by atoms with Gasteiger partial charge in [-0.3, -0.25) is 4.79 Å². The van der Waals surface area contributed by atoms with Crippen molar-refractivity contribution in [3.05, 3.63) is 85.1 Å². The molecule has 1 fully saturated rings. The van der Waals surface area contributed by atoms with Crippen LogP contribution in [-0.2, 0) is 14.3 Å². The number of carbonyl (C=O) groups excluding carboxylic acids is 1. The van der Waals surface area contributed by atoms with Crippen molar-refractivity contribution in [2.24, 2.45) is 0 Å². The fraction of sp³-hybridized carbons (Fsp3) is 0.727. The van der Waals surface area contributed by atoms with Crippen molar-refractivity contribution >= 4 is 5.91 Å². The Kier molecular flexibility index (Phi) is 41.0. The van der Waals surface area contributed by atoms with Crippen molar-refractivity contribution in [2.45, 2.75) is 243 Å². The van der Waals surface area contributed by atoms with E-state index in [2.05, 4.69) is 92.1 Å². The summed E-state index contributed by atoms with van der Waals surface area (Å²) in [5, 5.41) is 54.3. The first kappa shape index (κ1) is 59.4. The van der Waals surface area contributed by atoms with Crippen molar-refractivity contribution in [1.82, 2.24) is 5.32 Å². The molecule has 0 aliphatic carbocycles. The third-order valence-electron chi connectivity index (χ3n) is 11.7. The highest BCUT2D eigenvalue weighted by Gasteiger charge is 2.44. The Labute approximate surface area is 391 Å². The molecular weight excluding hydrogens is 803 g/mol. The van der Waals surface area contributed by atoms with Gasteiger partial charge in [0.05, 0.1) is 25.4 Å². The topological polar surface area (TPSA) is 149 Å². The van der Waals surface area contributed by atoms with Crippen LogP contribution in [0.2, 0.25) is 0 Å². The summed E-state index contributed by atoms with van der Waals surface area (Å²) in [7, 11) is 0. The second-order valence-corrected chi connectivity index (χ2v) is 17.6. The van der Waals surface area contributed by atoms with E-state index in [9.17, 15) is 30.3 Å². The standard InChI is InChI=1S/C55H95NO8/c1-3-5-7-9-11-13-15-17-19-21-23-24-25-27-28-30-32-34-36-38-40-42-44-49(58)48(47-63-55-54(62)53(61)52(60)50(46-57)64-55)56-51(59)45-43-41-39-37-35-33-31-29-26-22-20-18-16-14-12-10-8-6-4-2/h6,8,12,14,18,20,26,29,33-36,42,44,48-50,52-55,57-58,60-62H,3-5,7,9-11,13,15-17,19,21-25,27-28,30-32,37-41,43,45-47H2,1-2H3,(H,56,59)/b8-6-,14-12-,20-18-,29-26-,35-33-,36-34+,44-42+. The first-order valence-electron chi connectivity index (χ1n) is 25.8. The van der Waals surface area contributed by atoms with Gasteiger partial charge in [0, 0.05) is 6.42 Å². The summed E-state index contributed by atoms with van der Waals surface area (Å²) in [4.78, 5) is 13.0. The van der Waals surface area contributed by atoms with Gasteiger partial charge in [-0.25, -0.2) is 0 Å². The highest BCUT2D eigenvalue weighted by Crippen LogP contribution is 2.22. The Morgan fingerprint density at radius 1 is 0.547 bits per heavy atom. The molecule has 7 unspecified atom stereocenters. The van der Waals surface area contributed by atoms with E-state index < -0.39 is 49.5 Å². The largest absolute Gasteiger partial charge is 0.394 e. The van der Waals surface area contributed by atoms with E-state index >= 15 is 0 Å². The lowest BCUT2D eigenvalue weighted by Gasteiger charge is -2.40. The second kappa shape index (κ2) is 44.2. The van der Waals surface area contributed by atoms with Gasteiger partial charge in [0.15, 0.2) is 6.29 Å². The number of amides is 1. The average molecular weight is 898 g/mol. The number of rotatable bonds is 42. The zero-order valence-electron chi connectivity index (χ0n) is 40.5. The predicted octanol–water partition coefficient (Wildman–Crippen LogP) is 11.9. The van der Waals surface area contributed by atoms with Crippen LogP contribution in [0, 0.1) is 0 Å². The fourth-order valence-electron chi connectivity index (χ4n) is 7.61. The molecule has 0 radical (unpaired) electrons. The van der Waals surface area contributed by atoms with Gasteiger partial charge in [-0.1, -0.05) is 202 Å². The Hall–Kier alpha value is -2.63. The number of unbranched alkanes of at least 4 members (excludes halogenated alkanes) is 20. The molecule has 1 amide bonds. The molecular formula is C55H95NO8. The van der Waals surface area contributed by atoms with Crippen LogP contribution in [0.4, 0.5) is 0 Å². The zero-order chi connectivity index (χ0) is 46.6. The van der Waals surface area contributed by atoms with Crippen LogP contribution in [0.25, 0.3) is 0 Å². The Morgan fingerprint density at radius 3 is 1.50 bits per heavy atom. The first-order chi connectivity index (χ1) is 31.3. The SMILES string of the molecule is CC/C=C\C/C=C\C/C=C\C/C=C\C/C=C\CCCCCC(=O)NC(COC1OC(CO)C(O)C(O)C1O)C(O)/C=C/CC/C=C/CCCCCCCCCCCCCCCCCC. The summed E-state index contributed by atoms with van der Waals surface area (Å²) in [6.07, 6.45) is 54.9. The van der Waals surface area contributed by atoms with Gasteiger partial charge in [-0.15, -0.1) is 0 Å². The Balaban J connectivity index is 2.36. The number of nitrogens with one attached hydrogen (secondary N) is 1. The Morgan fingerprint density at radius 2 is 0.984 bits per heavy atom. The molecule has 64 heavy (non-hydrogen) atoms. The quantitative estimate of drug-likeness (QED) is 0.0262. The smallest absolute Gasteiger partial charge is 0.220 e. The molecule has 7 atom stereocenters. The van der Waals surface area contributed by atoms with Crippen LogP contribution in [0.15, 0.2) is 85.1 Å². The normalized spacial score (nSPS) is 20.8. The zero-order valence-corrected chi connectivity index (χ0v) is 40.5. The van der Waals surface area contributed by atoms with E-state index in [0.29, 0.717) is 12.8 Å². The molecule has 1 rings (SSSR count). The maximum atomic E-state index is 13.0. The lowest BCUT2D eigenvalue weighted by Crippen LogP contribution is -2.60. The maximum absolute atomic E-state index is 13.0. The first-order valence-corrected chi connectivity index (χ1v) is 25.8. The third kappa shape index (κ3) is 33.8. The average Bonchev–Trinajstić information content (AvgIpc) is 3.29. The number of hydrogen-bond acceptors (Lipinski definition) is 8. The van der Waals surface area contributed by atoms with Gasteiger partial charge in [0.25, 0.3) is 0 Å². The molecule has 0 aromatic heterocycles. The molecule has 0 aromatic rings. The molecule has 1 aliphatic heterocycles. The van der Waals surface area contributed by atoms with Crippen LogP contribution in [-0.4, -0.2) is 87.5 Å². The van der Waals surface area contributed by atoms with Gasteiger partial charge in [0.1, 0.15) is 24.4 Å². The summed E-state index contributed by atoms with van der Waals surface area (Å²) in [6.45, 7) is 3.62. The van der Waals surface area contributed by atoms with Crippen molar-refractivity contribution in [2.75, 3.05) is 13.2 Å². The molecule has 0 bridgehead atoms. The van der Waals surface area contributed by atoms with Crippen molar-refractivity contribution in [1.29, 1.82) is 0 Å². The molecule has 1 heterocycles. The molecule has 0 spiro atoms. The summed E-state index contributed by atoms with van der Waals surface area (Å²) in [5.41, 5.74) is 0. The van der Waals surface area contributed by atoms with Gasteiger partial charge < -0.3 is 40.3 Å². The fourth-order valence-corrected chi connectivity index (χ4v) is 7.61. The molecule has 9 nitrogen and oxygen atoms in total. The lowest BCUT2D eigenvalue weighted by atomic mass is 9.99. The molecule has 0 saturated carbocycles. The number of aliphatic hydroxyl groups is 5. The van der Waals surface area contributed by atoms with E-state index in [-0.39, 0.29) is 12.5 Å². The Bertz CT molecular complexity index is 1270. The predicted molar refractivity (Wildman–Crippen MR) is 267 cm³/mol. The number of hydrogen-bond donors (Lipinski definition) is 6. The van der Waals surface area contributed by atoms with E-state index in [1.54, 1.807) is 6.08 Å².